The fraction of sp³-hybridized carbons (Fsp3) is 0.364. The van der Waals surface area contributed by atoms with Crippen molar-refractivity contribution in [2.24, 2.45) is 9.98 Å². The smallest absolute Gasteiger partial charge is 0.203 e. The van der Waals surface area contributed by atoms with Gasteiger partial charge in [-0.1, -0.05) is 48.5 Å². The molecule has 2 aliphatic heterocycles. The van der Waals surface area contributed by atoms with E-state index in [0.717, 1.165) is 75.7 Å². The molecule has 0 aliphatic carbocycles. The van der Waals surface area contributed by atoms with Crippen molar-refractivity contribution in [3.8, 4) is 0 Å². The minimum absolute atomic E-state index is 0.722. The van der Waals surface area contributed by atoms with Crippen LogP contribution in [0.1, 0.15) is 5.56 Å². The largest absolute Gasteiger partial charge is 0.378 e. The van der Waals surface area contributed by atoms with E-state index in [2.05, 4.69) is 21.9 Å². The number of hydrogen-bond acceptors (Lipinski definition) is 3. The quantitative estimate of drug-likeness (QED) is 0.596. The Labute approximate surface area is 166 Å². The van der Waals surface area contributed by atoms with Gasteiger partial charge in [-0.3, -0.25) is 0 Å². The van der Waals surface area contributed by atoms with E-state index in [1.54, 1.807) is 0 Å². The maximum atomic E-state index is 5.55. The molecule has 146 valence electrons. The molecule has 2 fully saturated rings. The minimum Gasteiger partial charge on any atom is -0.378 e. The first-order valence-corrected chi connectivity index (χ1v) is 9.83. The van der Waals surface area contributed by atoms with Crippen molar-refractivity contribution < 1.29 is 9.47 Å². The van der Waals surface area contributed by atoms with Crippen LogP contribution in [-0.4, -0.2) is 74.2 Å². The number of aliphatic imine (C=N–C) groups is 2. The first kappa shape index (κ1) is 18.7. The number of morpholine rings is 2. The lowest BCUT2D eigenvalue weighted by Gasteiger charge is -2.38. The maximum Gasteiger partial charge on any atom is 0.203 e. The fourth-order valence-corrected chi connectivity index (χ4v) is 3.33. The highest BCUT2D eigenvalue weighted by molar-refractivity contribution is 6.07. The summed E-state index contributed by atoms with van der Waals surface area (Å²) in [6.45, 7) is 6.24. The second-order valence-corrected chi connectivity index (χ2v) is 6.75. The Morgan fingerprint density at radius 3 is 1.71 bits per heavy atom. The van der Waals surface area contributed by atoms with Gasteiger partial charge in [0.1, 0.15) is 0 Å². The number of guanidine groups is 1. The molecule has 0 N–H and O–H groups in total. The minimum atomic E-state index is 0.722. The average molecular weight is 378 g/mol. The average Bonchev–Trinajstić information content (AvgIpc) is 2.79. The molecule has 0 spiro atoms. The number of para-hydroxylation sites is 1. The van der Waals surface area contributed by atoms with Crippen LogP contribution in [0.5, 0.6) is 0 Å². The second kappa shape index (κ2) is 9.48. The summed E-state index contributed by atoms with van der Waals surface area (Å²) in [5.74, 6) is 1.69. The summed E-state index contributed by atoms with van der Waals surface area (Å²) < 4.78 is 11.1. The van der Waals surface area contributed by atoms with Crippen LogP contribution in [-0.2, 0) is 9.47 Å². The first-order chi connectivity index (χ1) is 13.9. The lowest BCUT2D eigenvalue weighted by atomic mass is 10.2. The van der Waals surface area contributed by atoms with Gasteiger partial charge >= 0.3 is 0 Å². The summed E-state index contributed by atoms with van der Waals surface area (Å²) in [6.07, 6.45) is 0. The van der Waals surface area contributed by atoms with Gasteiger partial charge in [0.2, 0.25) is 5.96 Å². The summed E-state index contributed by atoms with van der Waals surface area (Å²) in [5, 5.41) is 0. The highest BCUT2D eigenvalue weighted by atomic mass is 16.5. The van der Waals surface area contributed by atoms with Crippen LogP contribution in [0.15, 0.2) is 70.6 Å². The van der Waals surface area contributed by atoms with Crippen molar-refractivity contribution in [3.05, 3.63) is 66.2 Å². The number of nitrogens with zero attached hydrogens (tertiary/aromatic N) is 4. The van der Waals surface area contributed by atoms with Crippen LogP contribution in [0.2, 0.25) is 0 Å². The van der Waals surface area contributed by atoms with Crippen LogP contribution in [0.4, 0.5) is 5.69 Å². The van der Waals surface area contributed by atoms with Crippen molar-refractivity contribution in [1.29, 1.82) is 0 Å². The molecule has 0 radical (unpaired) electrons. The predicted molar refractivity (Wildman–Crippen MR) is 111 cm³/mol. The van der Waals surface area contributed by atoms with Crippen LogP contribution in [0.25, 0.3) is 0 Å². The van der Waals surface area contributed by atoms with E-state index in [-0.39, 0.29) is 0 Å². The normalized spacial score (nSPS) is 18.1. The molecular weight excluding hydrogens is 352 g/mol. The molecule has 0 aromatic heterocycles. The SMILES string of the molecule is c1ccc(N=C(N=C(N2CCOCC2)N2CCOCC2)c2ccccc2)cc1. The van der Waals surface area contributed by atoms with Crippen molar-refractivity contribution >= 4 is 17.5 Å². The number of hydrogen-bond donors (Lipinski definition) is 0. The van der Waals surface area contributed by atoms with Crippen LogP contribution in [0, 0.1) is 0 Å². The molecule has 0 bridgehead atoms. The lowest BCUT2D eigenvalue weighted by Crippen LogP contribution is -2.52. The van der Waals surface area contributed by atoms with Gasteiger partial charge in [-0.25, -0.2) is 4.99 Å². The molecule has 0 amide bonds. The summed E-state index contributed by atoms with van der Waals surface area (Å²) in [6, 6.07) is 20.2. The van der Waals surface area contributed by atoms with E-state index in [4.69, 9.17) is 19.5 Å². The first-order valence-electron chi connectivity index (χ1n) is 9.83. The van der Waals surface area contributed by atoms with Crippen molar-refractivity contribution in [2.75, 3.05) is 52.6 Å². The zero-order valence-corrected chi connectivity index (χ0v) is 16.0. The van der Waals surface area contributed by atoms with Gasteiger partial charge in [-0.2, -0.15) is 4.99 Å². The Hall–Kier alpha value is -2.70. The zero-order valence-electron chi connectivity index (χ0n) is 16.0. The van der Waals surface area contributed by atoms with E-state index < -0.39 is 0 Å². The molecule has 4 rings (SSSR count). The third-order valence-corrected chi connectivity index (χ3v) is 4.82. The molecule has 0 unspecified atom stereocenters. The van der Waals surface area contributed by atoms with Gasteiger partial charge in [0.25, 0.3) is 0 Å². The molecule has 2 heterocycles. The number of benzene rings is 2. The molecule has 2 aliphatic rings. The third kappa shape index (κ3) is 4.77. The van der Waals surface area contributed by atoms with Crippen molar-refractivity contribution in [1.82, 2.24) is 9.80 Å². The van der Waals surface area contributed by atoms with Crippen molar-refractivity contribution in [2.45, 2.75) is 0 Å². The Morgan fingerprint density at radius 1 is 0.679 bits per heavy atom. The Bertz CT molecular complexity index is 776. The lowest BCUT2D eigenvalue weighted by molar-refractivity contribution is 0.0423. The molecule has 6 heteroatoms. The van der Waals surface area contributed by atoms with Crippen LogP contribution < -0.4 is 0 Å². The van der Waals surface area contributed by atoms with E-state index in [1.165, 1.54) is 0 Å². The van der Waals surface area contributed by atoms with E-state index in [0.29, 0.717) is 0 Å². The molecule has 28 heavy (non-hydrogen) atoms. The molecule has 6 nitrogen and oxygen atoms in total. The van der Waals surface area contributed by atoms with Gasteiger partial charge in [0.15, 0.2) is 5.84 Å². The maximum absolute atomic E-state index is 5.55. The number of ether oxygens (including phenoxy) is 2. The monoisotopic (exact) mass is 378 g/mol. The highest BCUT2D eigenvalue weighted by Gasteiger charge is 2.24. The summed E-state index contributed by atoms with van der Waals surface area (Å²) in [5.41, 5.74) is 1.90. The summed E-state index contributed by atoms with van der Waals surface area (Å²) in [7, 11) is 0. The van der Waals surface area contributed by atoms with Crippen LogP contribution in [0.3, 0.4) is 0 Å². The zero-order chi connectivity index (χ0) is 19.0. The second-order valence-electron chi connectivity index (χ2n) is 6.75. The number of amidine groups is 1. The predicted octanol–water partition coefficient (Wildman–Crippen LogP) is 2.79. The Kier molecular flexibility index (Phi) is 6.32. The van der Waals surface area contributed by atoms with E-state index in [1.807, 2.05) is 48.5 Å². The molecule has 0 atom stereocenters. The van der Waals surface area contributed by atoms with Gasteiger partial charge < -0.3 is 19.3 Å². The molecule has 2 saturated heterocycles. The fourth-order valence-electron chi connectivity index (χ4n) is 3.33. The van der Waals surface area contributed by atoms with Gasteiger partial charge in [-0.05, 0) is 12.1 Å². The molecular formula is C22H26N4O2. The molecule has 0 saturated carbocycles. The van der Waals surface area contributed by atoms with Crippen LogP contribution >= 0.6 is 0 Å². The molecule has 2 aromatic rings. The standard InChI is InChI=1S/C22H26N4O2/c1-3-7-19(8-4-1)21(23-20-9-5-2-6-10-20)24-22(25-11-15-27-16-12-25)26-13-17-28-18-14-26/h1-10H,11-18H2. The summed E-state index contributed by atoms with van der Waals surface area (Å²) in [4.78, 5) is 14.6. The molecule has 2 aromatic carbocycles. The highest BCUT2D eigenvalue weighted by Crippen LogP contribution is 2.16. The Morgan fingerprint density at radius 2 is 1.18 bits per heavy atom. The van der Waals surface area contributed by atoms with Gasteiger partial charge in [-0.15, -0.1) is 0 Å². The van der Waals surface area contributed by atoms with Crippen molar-refractivity contribution in [3.63, 3.8) is 0 Å². The van der Waals surface area contributed by atoms with E-state index >= 15 is 0 Å². The summed E-state index contributed by atoms with van der Waals surface area (Å²) >= 11 is 0. The Balaban J connectivity index is 1.74. The van der Waals surface area contributed by atoms with E-state index in [9.17, 15) is 0 Å². The van der Waals surface area contributed by atoms with Gasteiger partial charge in [0.05, 0.1) is 32.1 Å². The third-order valence-electron chi connectivity index (χ3n) is 4.82. The van der Waals surface area contributed by atoms with Gasteiger partial charge in [0, 0.05) is 31.7 Å². The topological polar surface area (TPSA) is 49.7 Å². The number of rotatable bonds is 2.